The summed E-state index contributed by atoms with van der Waals surface area (Å²) in [6.07, 6.45) is 15.2. The summed E-state index contributed by atoms with van der Waals surface area (Å²) < 4.78 is 0. The van der Waals surface area contributed by atoms with Crippen LogP contribution in [0.3, 0.4) is 0 Å². The Morgan fingerprint density at radius 3 is 2.75 bits per heavy atom. The average molecular weight is 162 g/mol. The third-order valence-electron chi connectivity index (χ3n) is 2.84. The second-order valence-corrected chi connectivity index (χ2v) is 3.70. The lowest BCUT2D eigenvalue weighted by Gasteiger charge is -2.18. The minimum atomic E-state index is 0.519. The highest BCUT2D eigenvalue weighted by atomic mass is 14.2. The molecule has 1 saturated carbocycles. The fraction of sp³-hybridized carbons (Fsp3) is 0.667. The Labute approximate surface area is 76.1 Å². The molecule has 0 aromatic carbocycles. The molecule has 1 aliphatic carbocycles. The van der Waals surface area contributed by atoms with Crippen molar-refractivity contribution in [1.82, 2.24) is 0 Å². The summed E-state index contributed by atoms with van der Waals surface area (Å²) in [6.45, 7) is 3.79. The Morgan fingerprint density at radius 1 is 1.33 bits per heavy atom. The van der Waals surface area contributed by atoms with Crippen LogP contribution in [-0.2, 0) is 0 Å². The zero-order valence-electron chi connectivity index (χ0n) is 7.76. The fourth-order valence-electron chi connectivity index (χ4n) is 2.10. The van der Waals surface area contributed by atoms with E-state index in [0.717, 1.165) is 12.3 Å². The molecule has 0 spiro atoms. The van der Waals surface area contributed by atoms with Crippen LogP contribution in [0.2, 0.25) is 0 Å². The first-order chi connectivity index (χ1) is 5.88. The Morgan fingerprint density at radius 2 is 2.08 bits per heavy atom. The van der Waals surface area contributed by atoms with Crippen LogP contribution in [0.1, 0.15) is 38.5 Å². The van der Waals surface area contributed by atoms with E-state index in [2.05, 4.69) is 12.5 Å². The Balaban J connectivity index is 2.52. The van der Waals surface area contributed by atoms with Gasteiger partial charge < -0.3 is 0 Å². The molecule has 0 aromatic rings. The monoisotopic (exact) mass is 162 g/mol. The first kappa shape index (κ1) is 9.39. The van der Waals surface area contributed by atoms with Gasteiger partial charge in [-0.1, -0.05) is 25.3 Å². The van der Waals surface area contributed by atoms with Gasteiger partial charge in [-0.3, -0.25) is 0 Å². The summed E-state index contributed by atoms with van der Waals surface area (Å²) in [5.74, 6) is 4.17. The van der Waals surface area contributed by atoms with Crippen LogP contribution in [0.4, 0.5) is 0 Å². The quantitative estimate of drug-likeness (QED) is 0.332. The van der Waals surface area contributed by atoms with Crippen LogP contribution in [0.25, 0.3) is 0 Å². The number of rotatable bonds is 2. The lowest BCUT2D eigenvalue weighted by molar-refractivity contribution is 0.388. The zero-order chi connectivity index (χ0) is 8.81. The fourth-order valence-corrected chi connectivity index (χ4v) is 2.10. The van der Waals surface area contributed by atoms with Gasteiger partial charge in [0.2, 0.25) is 0 Å². The van der Waals surface area contributed by atoms with Gasteiger partial charge in [0, 0.05) is 5.92 Å². The van der Waals surface area contributed by atoms with Gasteiger partial charge in [-0.05, 0) is 25.2 Å². The normalized spacial score (nSPS) is 30.2. The van der Waals surface area contributed by atoms with Crippen molar-refractivity contribution in [3.63, 3.8) is 0 Å². The summed E-state index contributed by atoms with van der Waals surface area (Å²) >= 11 is 0. The van der Waals surface area contributed by atoms with Gasteiger partial charge in [0.15, 0.2) is 0 Å². The molecule has 0 bridgehead atoms. The zero-order valence-corrected chi connectivity index (χ0v) is 7.76. The Hall–Kier alpha value is -0.700. The van der Waals surface area contributed by atoms with Crippen molar-refractivity contribution in [3.05, 3.63) is 12.7 Å². The van der Waals surface area contributed by atoms with Crippen LogP contribution < -0.4 is 0 Å². The number of hydrogen-bond acceptors (Lipinski definition) is 0. The van der Waals surface area contributed by atoms with Crippen molar-refractivity contribution in [2.24, 2.45) is 11.8 Å². The number of terminal acetylenes is 1. The van der Waals surface area contributed by atoms with Crippen LogP contribution >= 0.6 is 0 Å². The third-order valence-corrected chi connectivity index (χ3v) is 2.84. The maximum atomic E-state index is 5.51. The van der Waals surface area contributed by atoms with E-state index in [1.54, 1.807) is 0 Å². The molecular weight excluding hydrogens is 144 g/mol. The first-order valence-electron chi connectivity index (χ1n) is 4.95. The standard InChI is InChI=1S/C12H18/c1-3-8-12-10-7-5-6-9-11(12)4-2/h2-3,11-12H,1,5-10H2. The van der Waals surface area contributed by atoms with Crippen LogP contribution in [-0.4, -0.2) is 0 Å². The molecule has 66 valence electrons. The van der Waals surface area contributed by atoms with E-state index >= 15 is 0 Å². The summed E-state index contributed by atoms with van der Waals surface area (Å²) in [4.78, 5) is 0. The molecule has 0 aromatic heterocycles. The predicted molar refractivity (Wildman–Crippen MR) is 53.7 cm³/mol. The summed E-state index contributed by atoms with van der Waals surface area (Å²) in [5.41, 5.74) is 0. The van der Waals surface area contributed by atoms with Crippen molar-refractivity contribution < 1.29 is 0 Å². The topological polar surface area (TPSA) is 0 Å². The molecule has 0 saturated heterocycles. The highest BCUT2D eigenvalue weighted by molar-refractivity contribution is 4.98. The molecule has 0 amide bonds. The van der Waals surface area contributed by atoms with E-state index in [-0.39, 0.29) is 0 Å². The summed E-state index contributed by atoms with van der Waals surface area (Å²) in [7, 11) is 0. The molecule has 0 nitrogen and oxygen atoms in total. The molecule has 0 heterocycles. The van der Waals surface area contributed by atoms with Crippen LogP contribution in [0, 0.1) is 24.2 Å². The number of hydrogen-bond donors (Lipinski definition) is 0. The predicted octanol–water partition coefficient (Wildman–Crippen LogP) is 3.39. The summed E-state index contributed by atoms with van der Waals surface area (Å²) in [5, 5.41) is 0. The Bertz CT molecular complexity index is 173. The third kappa shape index (κ3) is 2.41. The van der Waals surface area contributed by atoms with E-state index in [0.29, 0.717) is 5.92 Å². The molecule has 0 aliphatic heterocycles. The van der Waals surface area contributed by atoms with E-state index in [4.69, 9.17) is 6.42 Å². The van der Waals surface area contributed by atoms with Gasteiger partial charge >= 0.3 is 0 Å². The summed E-state index contributed by atoms with van der Waals surface area (Å²) in [6, 6.07) is 0. The highest BCUT2D eigenvalue weighted by Gasteiger charge is 2.20. The second-order valence-electron chi connectivity index (χ2n) is 3.70. The molecule has 1 rings (SSSR count). The molecule has 1 fully saturated rings. The van der Waals surface area contributed by atoms with Gasteiger partial charge in [-0.2, -0.15) is 0 Å². The van der Waals surface area contributed by atoms with Gasteiger partial charge in [-0.25, -0.2) is 0 Å². The lowest BCUT2D eigenvalue weighted by atomic mass is 9.86. The molecule has 2 atom stereocenters. The second kappa shape index (κ2) is 5.04. The van der Waals surface area contributed by atoms with Crippen LogP contribution in [0.15, 0.2) is 12.7 Å². The molecule has 0 radical (unpaired) electrons. The molecule has 1 aliphatic rings. The van der Waals surface area contributed by atoms with Gasteiger partial charge in [0.05, 0.1) is 0 Å². The molecule has 12 heavy (non-hydrogen) atoms. The van der Waals surface area contributed by atoms with E-state index in [9.17, 15) is 0 Å². The largest absolute Gasteiger partial charge is 0.120 e. The molecular formula is C12H18. The maximum Gasteiger partial charge on any atom is 0.0231 e. The smallest absolute Gasteiger partial charge is 0.0231 e. The van der Waals surface area contributed by atoms with E-state index < -0.39 is 0 Å². The maximum absolute atomic E-state index is 5.51. The van der Waals surface area contributed by atoms with Crippen LogP contribution in [0.5, 0.6) is 0 Å². The SMILES string of the molecule is C#CC1CCCCCC1CC=C. The van der Waals surface area contributed by atoms with Crippen molar-refractivity contribution in [2.45, 2.75) is 38.5 Å². The Kier molecular flexibility index (Phi) is 3.94. The number of allylic oxidation sites excluding steroid dienone is 1. The van der Waals surface area contributed by atoms with Crippen molar-refractivity contribution >= 4 is 0 Å². The first-order valence-corrected chi connectivity index (χ1v) is 4.95. The minimum Gasteiger partial charge on any atom is -0.120 e. The minimum absolute atomic E-state index is 0.519. The average Bonchev–Trinajstić information content (AvgIpc) is 2.30. The van der Waals surface area contributed by atoms with Crippen molar-refractivity contribution in [3.8, 4) is 12.3 Å². The van der Waals surface area contributed by atoms with Crippen molar-refractivity contribution in [2.75, 3.05) is 0 Å². The van der Waals surface area contributed by atoms with E-state index in [1.165, 1.54) is 32.1 Å². The van der Waals surface area contributed by atoms with Crippen molar-refractivity contribution in [1.29, 1.82) is 0 Å². The molecule has 0 N–H and O–H groups in total. The van der Waals surface area contributed by atoms with Gasteiger partial charge in [0.25, 0.3) is 0 Å². The molecule has 0 heteroatoms. The van der Waals surface area contributed by atoms with Gasteiger partial charge in [0.1, 0.15) is 0 Å². The van der Waals surface area contributed by atoms with E-state index in [1.807, 2.05) is 6.08 Å². The molecule has 2 unspecified atom stereocenters. The van der Waals surface area contributed by atoms with Gasteiger partial charge in [-0.15, -0.1) is 18.9 Å². The lowest BCUT2D eigenvalue weighted by Crippen LogP contribution is -2.10. The highest BCUT2D eigenvalue weighted by Crippen LogP contribution is 2.30.